The van der Waals surface area contributed by atoms with Gasteiger partial charge in [0.2, 0.25) is 5.82 Å². The molecule has 1 aromatic heterocycles. The fraction of sp³-hybridized carbons (Fsp3) is 0.636. The van der Waals surface area contributed by atoms with Crippen molar-refractivity contribution in [2.75, 3.05) is 18.0 Å². The molecule has 0 spiro atoms. The number of aromatic nitrogens is 3. The molecule has 1 atom stereocenters. The van der Waals surface area contributed by atoms with Crippen LogP contribution in [0.4, 0.5) is 5.82 Å². The minimum atomic E-state index is -0.869. The number of piperidine rings is 1. The predicted octanol–water partition coefficient (Wildman–Crippen LogP) is -1.22. The zero-order chi connectivity index (χ0) is 14.2. The average Bonchev–Trinajstić information content (AvgIpc) is 2.40. The minimum absolute atomic E-state index is 0.135. The van der Waals surface area contributed by atoms with Crippen LogP contribution in [0.3, 0.4) is 0 Å². The third kappa shape index (κ3) is 2.38. The summed E-state index contributed by atoms with van der Waals surface area (Å²) in [5.41, 5.74) is -0.991. The van der Waals surface area contributed by atoms with Gasteiger partial charge in [0.15, 0.2) is 0 Å². The van der Waals surface area contributed by atoms with Crippen molar-refractivity contribution in [3.63, 3.8) is 0 Å². The van der Waals surface area contributed by atoms with Crippen LogP contribution in [0.25, 0.3) is 0 Å². The predicted molar refractivity (Wildman–Crippen MR) is 67.3 cm³/mol. The van der Waals surface area contributed by atoms with Crippen LogP contribution in [0.2, 0.25) is 0 Å². The largest absolute Gasteiger partial charge is 0.481 e. The van der Waals surface area contributed by atoms with E-state index in [4.69, 9.17) is 5.11 Å². The molecule has 104 valence electrons. The van der Waals surface area contributed by atoms with Crippen molar-refractivity contribution in [2.24, 2.45) is 20.0 Å². The minimum Gasteiger partial charge on any atom is -0.481 e. The summed E-state index contributed by atoms with van der Waals surface area (Å²) in [5.74, 6) is -1.24. The van der Waals surface area contributed by atoms with Gasteiger partial charge in [-0.1, -0.05) is 0 Å². The normalized spacial score (nSPS) is 19.5. The van der Waals surface area contributed by atoms with E-state index in [0.29, 0.717) is 19.4 Å². The second-order valence-electron chi connectivity index (χ2n) is 4.72. The Morgan fingerprint density at radius 1 is 1.37 bits per heavy atom. The smallest absolute Gasteiger partial charge is 0.346 e. The maximum atomic E-state index is 12.0. The number of rotatable bonds is 2. The highest BCUT2D eigenvalue weighted by molar-refractivity contribution is 5.71. The van der Waals surface area contributed by atoms with Crippen molar-refractivity contribution in [3.05, 3.63) is 20.8 Å². The molecule has 1 aliphatic heterocycles. The van der Waals surface area contributed by atoms with Gasteiger partial charge in [-0.15, -0.1) is 5.10 Å². The van der Waals surface area contributed by atoms with Crippen LogP contribution in [0.15, 0.2) is 9.59 Å². The maximum Gasteiger partial charge on any atom is 0.346 e. The summed E-state index contributed by atoms with van der Waals surface area (Å²) in [6.07, 6.45) is 1.28. The summed E-state index contributed by atoms with van der Waals surface area (Å²) >= 11 is 0. The highest BCUT2D eigenvalue weighted by atomic mass is 16.4. The Labute approximate surface area is 108 Å². The molecule has 8 heteroatoms. The molecule has 0 amide bonds. The molecule has 0 saturated carbocycles. The number of aryl methyl sites for hydroxylation is 1. The summed E-state index contributed by atoms with van der Waals surface area (Å²) in [4.78, 5) is 36.2. The van der Waals surface area contributed by atoms with Crippen LogP contribution >= 0.6 is 0 Å². The van der Waals surface area contributed by atoms with Gasteiger partial charge in [-0.25, -0.2) is 9.48 Å². The summed E-state index contributed by atoms with van der Waals surface area (Å²) < 4.78 is 2.06. The number of nitrogens with zero attached hydrogens (tertiary/aromatic N) is 4. The van der Waals surface area contributed by atoms with Gasteiger partial charge >= 0.3 is 11.7 Å². The van der Waals surface area contributed by atoms with Crippen molar-refractivity contribution in [3.8, 4) is 0 Å². The van der Waals surface area contributed by atoms with Gasteiger partial charge in [-0.3, -0.25) is 14.2 Å². The average molecular weight is 268 g/mol. The molecule has 8 nitrogen and oxygen atoms in total. The molecule has 1 aliphatic rings. The van der Waals surface area contributed by atoms with E-state index < -0.39 is 23.1 Å². The molecule has 0 aliphatic carbocycles. The van der Waals surface area contributed by atoms with Crippen LogP contribution in [-0.2, 0) is 18.9 Å². The van der Waals surface area contributed by atoms with E-state index in [1.807, 2.05) is 0 Å². The molecule has 2 heterocycles. The van der Waals surface area contributed by atoms with Gasteiger partial charge in [0.05, 0.1) is 5.92 Å². The van der Waals surface area contributed by atoms with E-state index in [2.05, 4.69) is 5.10 Å². The molecule has 1 unspecified atom stereocenters. The Morgan fingerprint density at radius 3 is 2.68 bits per heavy atom. The third-order valence-corrected chi connectivity index (χ3v) is 3.37. The van der Waals surface area contributed by atoms with Crippen LogP contribution < -0.4 is 16.1 Å². The van der Waals surface area contributed by atoms with Crippen molar-refractivity contribution in [1.82, 2.24) is 14.3 Å². The van der Waals surface area contributed by atoms with Gasteiger partial charge in [-0.05, 0) is 12.8 Å². The van der Waals surface area contributed by atoms with Crippen LogP contribution in [0, 0.1) is 5.92 Å². The highest BCUT2D eigenvalue weighted by Crippen LogP contribution is 2.19. The Balaban J connectivity index is 2.40. The summed E-state index contributed by atoms with van der Waals surface area (Å²) in [6, 6.07) is 0. The zero-order valence-corrected chi connectivity index (χ0v) is 10.9. The first-order valence-corrected chi connectivity index (χ1v) is 6.04. The Bertz CT molecular complexity index is 618. The fourth-order valence-corrected chi connectivity index (χ4v) is 2.25. The first-order chi connectivity index (χ1) is 8.91. The summed E-state index contributed by atoms with van der Waals surface area (Å²) in [6.45, 7) is 0.819. The molecule has 1 N–H and O–H groups in total. The van der Waals surface area contributed by atoms with Crippen LogP contribution in [0.5, 0.6) is 0 Å². The molecule has 0 bridgehead atoms. The fourth-order valence-electron chi connectivity index (χ4n) is 2.25. The Kier molecular flexibility index (Phi) is 3.41. The lowest BCUT2D eigenvalue weighted by molar-refractivity contribution is -0.141. The lowest BCUT2D eigenvalue weighted by Gasteiger charge is -2.31. The number of carbonyl (C=O) groups is 1. The molecule has 0 aromatic carbocycles. The first kappa shape index (κ1) is 13.3. The zero-order valence-electron chi connectivity index (χ0n) is 10.9. The quantitative estimate of drug-likeness (QED) is 0.722. The number of anilines is 1. The molecule has 1 fully saturated rings. The van der Waals surface area contributed by atoms with Crippen molar-refractivity contribution in [2.45, 2.75) is 12.8 Å². The highest BCUT2D eigenvalue weighted by Gasteiger charge is 2.28. The van der Waals surface area contributed by atoms with Crippen molar-refractivity contribution >= 4 is 11.8 Å². The van der Waals surface area contributed by atoms with Gasteiger partial charge < -0.3 is 10.0 Å². The van der Waals surface area contributed by atoms with Crippen LogP contribution in [0.1, 0.15) is 12.8 Å². The lowest BCUT2D eigenvalue weighted by Crippen LogP contribution is -2.46. The second-order valence-corrected chi connectivity index (χ2v) is 4.72. The van der Waals surface area contributed by atoms with E-state index in [-0.39, 0.29) is 12.4 Å². The van der Waals surface area contributed by atoms with Gasteiger partial charge in [0.1, 0.15) is 0 Å². The molecular formula is C11H16N4O4. The van der Waals surface area contributed by atoms with E-state index in [1.54, 1.807) is 4.90 Å². The van der Waals surface area contributed by atoms with E-state index in [1.165, 1.54) is 14.1 Å². The number of hydrogen-bond donors (Lipinski definition) is 1. The molecule has 1 saturated heterocycles. The van der Waals surface area contributed by atoms with E-state index >= 15 is 0 Å². The maximum absolute atomic E-state index is 12.0. The van der Waals surface area contributed by atoms with E-state index in [0.717, 1.165) is 9.25 Å². The standard InChI is InChI=1S/C11H16N4O4/c1-13-9(16)8(12-14(2)11(13)19)15-5-3-4-7(6-15)10(17)18/h7H,3-6H2,1-2H3,(H,17,18). The first-order valence-electron chi connectivity index (χ1n) is 6.04. The van der Waals surface area contributed by atoms with Crippen molar-refractivity contribution in [1.29, 1.82) is 0 Å². The molecule has 19 heavy (non-hydrogen) atoms. The molecular weight excluding hydrogens is 252 g/mol. The van der Waals surface area contributed by atoms with E-state index in [9.17, 15) is 14.4 Å². The second kappa shape index (κ2) is 4.87. The number of hydrogen-bond acceptors (Lipinski definition) is 5. The van der Waals surface area contributed by atoms with Gasteiger partial charge in [0, 0.05) is 27.2 Å². The van der Waals surface area contributed by atoms with Gasteiger partial charge in [-0.2, -0.15) is 0 Å². The topological polar surface area (TPSA) is 97.4 Å². The Morgan fingerprint density at radius 2 is 2.05 bits per heavy atom. The third-order valence-electron chi connectivity index (χ3n) is 3.37. The van der Waals surface area contributed by atoms with Crippen molar-refractivity contribution < 1.29 is 9.90 Å². The monoisotopic (exact) mass is 268 g/mol. The molecule has 0 radical (unpaired) electrons. The number of aliphatic carboxylic acids is 1. The lowest BCUT2D eigenvalue weighted by atomic mass is 9.98. The SMILES string of the molecule is Cn1nc(N2CCCC(C(=O)O)C2)c(=O)n(C)c1=O. The summed E-state index contributed by atoms with van der Waals surface area (Å²) in [7, 11) is 2.85. The number of carboxylic acids is 1. The number of carboxylic acid groups (broad SMARTS) is 1. The van der Waals surface area contributed by atoms with Crippen LogP contribution in [-0.4, -0.2) is 38.5 Å². The Hall–Kier alpha value is -2.12. The van der Waals surface area contributed by atoms with Gasteiger partial charge in [0.25, 0.3) is 5.56 Å². The molecule has 1 aromatic rings. The summed E-state index contributed by atoms with van der Waals surface area (Å²) in [5, 5.41) is 13.0. The molecule has 2 rings (SSSR count).